The van der Waals surface area contributed by atoms with Crippen LogP contribution in [0, 0.1) is 30.6 Å². The van der Waals surface area contributed by atoms with E-state index in [2.05, 4.69) is 29.5 Å². The largest absolute Gasteiger partial charge is 0.373 e. The van der Waals surface area contributed by atoms with Crippen molar-refractivity contribution in [1.29, 1.82) is 0 Å². The van der Waals surface area contributed by atoms with E-state index in [0.717, 1.165) is 53.1 Å². The lowest BCUT2D eigenvalue weighted by atomic mass is 10.0. The number of rotatable bonds is 4. The SMILES string of the molecule is CCc1nc(NC)c(C)c(NC2C3C4CCC(C4)C23)n1. The molecular weight excluding hydrogens is 248 g/mol. The number of nitrogens with zero attached hydrogens (tertiary/aromatic N) is 2. The number of nitrogens with one attached hydrogen (secondary N) is 2. The Balaban J connectivity index is 1.57. The molecule has 3 saturated carbocycles. The number of aromatic nitrogens is 2. The van der Waals surface area contributed by atoms with Gasteiger partial charge in [0.2, 0.25) is 0 Å². The molecule has 108 valence electrons. The molecule has 4 nitrogen and oxygen atoms in total. The minimum Gasteiger partial charge on any atom is -0.373 e. The van der Waals surface area contributed by atoms with Crippen molar-refractivity contribution in [3.63, 3.8) is 0 Å². The van der Waals surface area contributed by atoms with Crippen molar-refractivity contribution in [2.45, 2.75) is 45.6 Å². The van der Waals surface area contributed by atoms with Gasteiger partial charge in [-0.25, -0.2) is 9.97 Å². The van der Waals surface area contributed by atoms with Crippen LogP contribution in [-0.4, -0.2) is 23.1 Å². The summed E-state index contributed by atoms with van der Waals surface area (Å²) in [6.45, 7) is 4.22. The molecule has 0 amide bonds. The van der Waals surface area contributed by atoms with Gasteiger partial charge in [-0.1, -0.05) is 6.92 Å². The van der Waals surface area contributed by atoms with Crippen LogP contribution in [0.15, 0.2) is 0 Å². The zero-order chi connectivity index (χ0) is 13.9. The molecule has 3 aliphatic rings. The smallest absolute Gasteiger partial charge is 0.135 e. The molecule has 4 heteroatoms. The highest BCUT2D eigenvalue weighted by Gasteiger charge is 2.65. The van der Waals surface area contributed by atoms with Crippen LogP contribution in [0.4, 0.5) is 11.6 Å². The molecule has 1 aromatic rings. The second-order valence-electron chi connectivity index (χ2n) is 6.72. The molecule has 4 unspecified atom stereocenters. The quantitative estimate of drug-likeness (QED) is 0.885. The highest BCUT2D eigenvalue weighted by molar-refractivity contribution is 5.58. The van der Waals surface area contributed by atoms with E-state index in [9.17, 15) is 0 Å². The van der Waals surface area contributed by atoms with Crippen LogP contribution < -0.4 is 10.6 Å². The first-order chi connectivity index (χ1) is 9.72. The lowest BCUT2D eigenvalue weighted by Crippen LogP contribution is -2.16. The van der Waals surface area contributed by atoms with Crippen molar-refractivity contribution in [2.24, 2.45) is 23.7 Å². The summed E-state index contributed by atoms with van der Waals surface area (Å²) in [4.78, 5) is 9.26. The van der Waals surface area contributed by atoms with Crippen molar-refractivity contribution in [3.05, 3.63) is 11.4 Å². The molecule has 0 saturated heterocycles. The van der Waals surface area contributed by atoms with Gasteiger partial charge in [0, 0.05) is 25.1 Å². The van der Waals surface area contributed by atoms with E-state index in [0.29, 0.717) is 6.04 Å². The summed E-state index contributed by atoms with van der Waals surface area (Å²) in [6.07, 6.45) is 5.31. The summed E-state index contributed by atoms with van der Waals surface area (Å²) in [6, 6.07) is 0.685. The van der Waals surface area contributed by atoms with Crippen LogP contribution in [0.3, 0.4) is 0 Å². The minimum absolute atomic E-state index is 0.685. The first-order valence-corrected chi connectivity index (χ1v) is 8.04. The van der Waals surface area contributed by atoms with E-state index < -0.39 is 0 Å². The van der Waals surface area contributed by atoms with Gasteiger partial charge in [-0.2, -0.15) is 0 Å². The van der Waals surface area contributed by atoms with Gasteiger partial charge in [-0.3, -0.25) is 0 Å². The van der Waals surface area contributed by atoms with Gasteiger partial charge in [-0.05, 0) is 49.9 Å². The van der Waals surface area contributed by atoms with Crippen LogP contribution in [0.5, 0.6) is 0 Å². The Morgan fingerprint density at radius 2 is 1.75 bits per heavy atom. The third-order valence-corrected chi connectivity index (χ3v) is 5.78. The highest BCUT2D eigenvalue weighted by atomic mass is 15.1. The second kappa shape index (κ2) is 4.34. The molecule has 0 aromatic carbocycles. The van der Waals surface area contributed by atoms with E-state index in [1.165, 1.54) is 19.3 Å². The fraction of sp³-hybridized carbons (Fsp3) is 0.750. The summed E-state index contributed by atoms with van der Waals surface area (Å²) in [5.41, 5.74) is 1.15. The predicted molar refractivity (Wildman–Crippen MR) is 80.9 cm³/mol. The molecule has 0 radical (unpaired) electrons. The summed E-state index contributed by atoms with van der Waals surface area (Å²) in [5, 5.41) is 6.94. The third kappa shape index (κ3) is 1.66. The van der Waals surface area contributed by atoms with Crippen molar-refractivity contribution in [2.75, 3.05) is 17.7 Å². The van der Waals surface area contributed by atoms with Crippen LogP contribution in [-0.2, 0) is 6.42 Å². The van der Waals surface area contributed by atoms with E-state index in [1.807, 2.05) is 7.05 Å². The molecule has 4 atom stereocenters. The summed E-state index contributed by atoms with van der Waals surface area (Å²) < 4.78 is 0. The molecular formula is C16H24N4. The molecule has 4 rings (SSSR count). The lowest BCUT2D eigenvalue weighted by Gasteiger charge is -2.15. The van der Waals surface area contributed by atoms with E-state index >= 15 is 0 Å². The van der Waals surface area contributed by atoms with Crippen molar-refractivity contribution in [1.82, 2.24) is 9.97 Å². The molecule has 3 aliphatic carbocycles. The number of hydrogen-bond acceptors (Lipinski definition) is 4. The molecule has 2 bridgehead atoms. The van der Waals surface area contributed by atoms with Crippen molar-refractivity contribution >= 4 is 11.6 Å². The Morgan fingerprint density at radius 1 is 1.10 bits per heavy atom. The molecule has 3 fully saturated rings. The maximum absolute atomic E-state index is 4.72. The van der Waals surface area contributed by atoms with Gasteiger partial charge in [0.15, 0.2) is 0 Å². The minimum atomic E-state index is 0.685. The zero-order valence-electron chi connectivity index (χ0n) is 12.6. The van der Waals surface area contributed by atoms with E-state index in [-0.39, 0.29) is 0 Å². The molecule has 2 N–H and O–H groups in total. The molecule has 20 heavy (non-hydrogen) atoms. The highest BCUT2D eigenvalue weighted by Crippen LogP contribution is 2.66. The molecule has 0 spiro atoms. The Hall–Kier alpha value is -1.32. The third-order valence-electron chi connectivity index (χ3n) is 5.78. The second-order valence-corrected chi connectivity index (χ2v) is 6.72. The maximum atomic E-state index is 4.72. The Bertz CT molecular complexity index is 526. The van der Waals surface area contributed by atoms with Crippen LogP contribution >= 0.6 is 0 Å². The predicted octanol–water partition coefficient (Wildman–Crippen LogP) is 2.85. The number of aryl methyl sites for hydroxylation is 1. The van der Waals surface area contributed by atoms with Crippen LogP contribution in [0.25, 0.3) is 0 Å². The number of fused-ring (bicyclic) bond motifs is 5. The van der Waals surface area contributed by atoms with Gasteiger partial charge >= 0.3 is 0 Å². The lowest BCUT2D eigenvalue weighted by molar-refractivity contribution is 0.456. The summed E-state index contributed by atoms with van der Waals surface area (Å²) in [5.74, 6) is 6.82. The van der Waals surface area contributed by atoms with E-state index in [1.54, 1.807) is 0 Å². The van der Waals surface area contributed by atoms with Crippen molar-refractivity contribution < 1.29 is 0 Å². The molecule has 1 aromatic heterocycles. The number of hydrogen-bond donors (Lipinski definition) is 2. The number of anilines is 2. The van der Waals surface area contributed by atoms with Gasteiger partial charge in [0.25, 0.3) is 0 Å². The van der Waals surface area contributed by atoms with Gasteiger partial charge in [0.05, 0.1) is 0 Å². The maximum Gasteiger partial charge on any atom is 0.135 e. The Morgan fingerprint density at radius 3 is 2.35 bits per heavy atom. The average molecular weight is 272 g/mol. The molecule has 1 heterocycles. The van der Waals surface area contributed by atoms with E-state index in [4.69, 9.17) is 4.98 Å². The Kier molecular flexibility index (Phi) is 2.69. The normalized spacial score (nSPS) is 36.9. The van der Waals surface area contributed by atoms with Crippen molar-refractivity contribution in [3.8, 4) is 0 Å². The van der Waals surface area contributed by atoms with Crippen LogP contribution in [0.1, 0.15) is 37.6 Å². The average Bonchev–Trinajstić information content (AvgIpc) is 2.85. The zero-order valence-corrected chi connectivity index (χ0v) is 12.6. The fourth-order valence-corrected chi connectivity index (χ4v) is 4.78. The summed E-state index contributed by atoms with van der Waals surface area (Å²) in [7, 11) is 1.94. The van der Waals surface area contributed by atoms with Crippen LogP contribution in [0.2, 0.25) is 0 Å². The van der Waals surface area contributed by atoms with Gasteiger partial charge in [0.1, 0.15) is 17.5 Å². The standard InChI is InChI=1S/C16H24N4/c1-4-11-18-15(17-3)8(2)16(19-11)20-14-12-9-5-6-10(7-9)13(12)14/h9-10,12-14H,4-7H2,1-3H3,(H2,17,18,19,20). The summed E-state index contributed by atoms with van der Waals surface area (Å²) >= 11 is 0. The first kappa shape index (κ1) is 12.4. The first-order valence-electron chi connectivity index (χ1n) is 8.04. The van der Waals surface area contributed by atoms with Gasteiger partial charge in [-0.15, -0.1) is 0 Å². The fourth-order valence-electron chi connectivity index (χ4n) is 4.78. The molecule has 0 aliphatic heterocycles. The topological polar surface area (TPSA) is 49.8 Å². The monoisotopic (exact) mass is 272 g/mol. The Labute approximate surface area is 120 Å². The van der Waals surface area contributed by atoms with Gasteiger partial charge < -0.3 is 10.6 Å².